The molecule has 0 radical (unpaired) electrons. The van der Waals surface area contributed by atoms with Gasteiger partial charge in [-0.1, -0.05) is 37.1 Å². The van der Waals surface area contributed by atoms with Crippen LogP contribution in [-0.4, -0.2) is 24.1 Å². The Hall–Kier alpha value is -2.23. The van der Waals surface area contributed by atoms with Crippen molar-refractivity contribution in [1.82, 2.24) is 0 Å². The van der Waals surface area contributed by atoms with Gasteiger partial charge in [0, 0.05) is 11.8 Å². The zero-order valence-electron chi connectivity index (χ0n) is 18.2. The van der Waals surface area contributed by atoms with Gasteiger partial charge in [0.2, 0.25) is 0 Å². The molecule has 0 aromatic rings. The van der Waals surface area contributed by atoms with E-state index in [2.05, 4.69) is 19.9 Å². The van der Waals surface area contributed by atoms with Crippen LogP contribution in [0.15, 0.2) is 46.6 Å². The SMILES string of the molecule is CCCOC(=O)[C@@H]1CC2=CC(=O)C=CC2(C)C2=C1C1=CC[C@@]3(C)CCC(=O)[C@@]13CC2. The molecular formula is C26H30O4. The number of allylic oxidation sites excluding steroid dienone is 7. The van der Waals surface area contributed by atoms with Crippen molar-refractivity contribution in [2.45, 2.75) is 65.7 Å². The molecule has 4 heteroatoms. The van der Waals surface area contributed by atoms with Crippen molar-refractivity contribution in [2.75, 3.05) is 6.61 Å². The third kappa shape index (κ3) is 2.31. The number of ether oxygens (including phenoxy) is 1. The molecule has 0 aliphatic heterocycles. The molecule has 5 aliphatic carbocycles. The summed E-state index contributed by atoms with van der Waals surface area (Å²) >= 11 is 0. The Labute approximate surface area is 178 Å². The van der Waals surface area contributed by atoms with E-state index in [4.69, 9.17) is 4.74 Å². The van der Waals surface area contributed by atoms with Gasteiger partial charge in [0.05, 0.1) is 17.9 Å². The van der Waals surface area contributed by atoms with Gasteiger partial charge >= 0.3 is 5.97 Å². The Morgan fingerprint density at radius 1 is 1.20 bits per heavy atom. The quantitative estimate of drug-likeness (QED) is 0.631. The first kappa shape index (κ1) is 19.7. The summed E-state index contributed by atoms with van der Waals surface area (Å²) in [4.78, 5) is 38.6. The van der Waals surface area contributed by atoms with E-state index in [0.717, 1.165) is 48.8 Å². The molecule has 0 heterocycles. The number of hydrogen-bond acceptors (Lipinski definition) is 4. The van der Waals surface area contributed by atoms with E-state index in [1.807, 2.05) is 13.0 Å². The number of carbonyl (C=O) groups is 3. The largest absolute Gasteiger partial charge is 0.465 e. The van der Waals surface area contributed by atoms with Crippen molar-refractivity contribution in [3.05, 3.63) is 46.6 Å². The van der Waals surface area contributed by atoms with Crippen LogP contribution in [0.5, 0.6) is 0 Å². The smallest absolute Gasteiger partial charge is 0.313 e. The predicted molar refractivity (Wildman–Crippen MR) is 113 cm³/mol. The van der Waals surface area contributed by atoms with E-state index >= 15 is 0 Å². The number of ketones is 2. The molecule has 4 nitrogen and oxygen atoms in total. The van der Waals surface area contributed by atoms with Gasteiger partial charge in [-0.3, -0.25) is 14.4 Å². The number of Topliss-reactive ketones (excluding diaryl/α,β-unsaturated/α-hetero) is 1. The Kier molecular flexibility index (Phi) is 4.20. The lowest BCUT2D eigenvalue weighted by Gasteiger charge is -2.51. The summed E-state index contributed by atoms with van der Waals surface area (Å²) in [5.74, 6) is -0.310. The molecule has 0 aromatic heterocycles. The minimum atomic E-state index is -0.444. The lowest BCUT2D eigenvalue weighted by Crippen LogP contribution is -2.46. The summed E-state index contributed by atoms with van der Waals surface area (Å²) in [6, 6.07) is 0. The number of fused-ring (bicyclic) bond motifs is 3. The second kappa shape index (κ2) is 6.38. The number of rotatable bonds is 3. The molecule has 0 aromatic carbocycles. The molecule has 1 fully saturated rings. The molecule has 30 heavy (non-hydrogen) atoms. The highest BCUT2D eigenvalue weighted by molar-refractivity contribution is 6.02. The number of hydrogen-bond donors (Lipinski definition) is 0. The van der Waals surface area contributed by atoms with Crippen molar-refractivity contribution >= 4 is 17.5 Å². The highest BCUT2D eigenvalue weighted by atomic mass is 16.5. The number of esters is 1. The first-order chi connectivity index (χ1) is 14.3. The fourth-order valence-corrected chi connectivity index (χ4v) is 6.99. The van der Waals surface area contributed by atoms with Crippen LogP contribution in [-0.2, 0) is 19.1 Å². The monoisotopic (exact) mass is 406 g/mol. The first-order valence-corrected chi connectivity index (χ1v) is 11.4. The Balaban J connectivity index is 1.70. The molecule has 4 atom stereocenters. The number of carbonyl (C=O) groups excluding carboxylic acids is 3. The van der Waals surface area contributed by atoms with Gasteiger partial charge in [-0.25, -0.2) is 0 Å². The van der Waals surface area contributed by atoms with Crippen LogP contribution < -0.4 is 0 Å². The van der Waals surface area contributed by atoms with Crippen LogP contribution in [0.1, 0.15) is 65.7 Å². The fourth-order valence-electron chi connectivity index (χ4n) is 6.99. The highest BCUT2D eigenvalue weighted by Gasteiger charge is 2.65. The van der Waals surface area contributed by atoms with Crippen LogP contribution in [0.2, 0.25) is 0 Å². The van der Waals surface area contributed by atoms with Gasteiger partial charge in [0.25, 0.3) is 0 Å². The summed E-state index contributed by atoms with van der Waals surface area (Å²) in [7, 11) is 0. The van der Waals surface area contributed by atoms with Crippen molar-refractivity contribution in [1.29, 1.82) is 0 Å². The van der Waals surface area contributed by atoms with E-state index in [-0.39, 0.29) is 22.6 Å². The van der Waals surface area contributed by atoms with E-state index < -0.39 is 11.3 Å². The summed E-state index contributed by atoms with van der Waals surface area (Å²) in [5.41, 5.74) is 3.54. The highest BCUT2D eigenvalue weighted by Crippen LogP contribution is 2.70. The van der Waals surface area contributed by atoms with Gasteiger partial charge < -0.3 is 4.74 Å². The molecule has 5 aliphatic rings. The standard InChI is InChI=1S/C26H30O4/c1-4-13-30-23(29)18-15-16-14-17(27)5-11-25(16,3)19-7-12-26-20(22(18)19)6-9-24(26,2)10-8-21(26)28/h5-6,11,14,18H,4,7-10,12-13,15H2,1-3H3/t18-,24+,25?,26-/m1/s1. The predicted octanol–water partition coefficient (Wildman–Crippen LogP) is 4.81. The second-order valence-electron chi connectivity index (χ2n) is 10.1. The van der Waals surface area contributed by atoms with Crippen molar-refractivity contribution < 1.29 is 19.1 Å². The van der Waals surface area contributed by atoms with Crippen molar-refractivity contribution in [3.63, 3.8) is 0 Å². The van der Waals surface area contributed by atoms with Crippen molar-refractivity contribution in [2.24, 2.45) is 22.2 Å². The Morgan fingerprint density at radius 3 is 2.77 bits per heavy atom. The van der Waals surface area contributed by atoms with Crippen LogP contribution in [0.3, 0.4) is 0 Å². The molecule has 0 amide bonds. The molecule has 1 saturated carbocycles. The van der Waals surface area contributed by atoms with Crippen molar-refractivity contribution in [3.8, 4) is 0 Å². The summed E-state index contributed by atoms with van der Waals surface area (Å²) in [5, 5.41) is 0. The summed E-state index contributed by atoms with van der Waals surface area (Å²) < 4.78 is 5.61. The Morgan fingerprint density at radius 2 is 2.00 bits per heavy atom. The van der Waals surface area contributed by atoms with E-state index in [9.17, 15) is 14.4 Å². The average molecular weight is 407 g/mol. The van der Waals surface area contributed by atoms with E-state index in [1.165, 1.54) is 5.57 Å². The van der Waals surface area contributed by atoms with Crippen LogP contribution in [0.25, 0.3) is 0 Å². The maximum absolute atomic E-state index is 13.3. The summed E-state index contributed by atoms with van der Waals surface area (Å²) in [6.07, 6.45) is 13.0. The Bertz CT molecular complexity index is 993. The van der Waals surface area contributed by atoms with Gasteiger partial charge in [0.15, 0.2) is 5.78 Å². The van der Waals surface area contributed by atoms with Gasteiger partial charge in [0.1, 0.15) is 5.78 Å². The maximum atomic E-state index is 13.3. The van der Waals surface area contributed by atoms with Gasteiger partial charge in [-0.05, 0) is 74.2 Å². The van der Waals surface area contributed by atoms with Gasteiger partial charge in [-0.2, -0.15) is 0 Å². The minimum Gasteiger partial charge on any atom is -0.465 e. The van der Waals surface area contributed by atoms with Crippen LogP contribution in [0.4, 0.5) is 0 Å². The summed E-state index contributed by atoms with van der Waals surface area (Å²) in [6.45, 7) is 6.80. The molecule has 0 bridgehead atoms. The lowest BCUT2D eigenvalue weighted by molar-refractivity contribution is -0.147. The first-order valence-electron chi connectivity index (χ1n) is 11.4. The normalized spacial score (nSPS) is 39.1. The maximum Gasteiger partial charge on any atom is 0.313 e. The second-order valence-corrected chi connectivity index (χ2v) is 10.1. The molecule has 1 spiro atoms. The van der Waals surface area contributed by atoms with Crippen LogP contribution >= 0.6 is 0 Å². The zero-order valence-corrected chi connectivity index (χ0v) is 18.2. The van der Waals surface area contributed by atoms with Gasteiger partial charge in [-0.15, -0.1) is 0 Å². The molecular weight excluding hydrogens is 376 g/mol. The average Bonchev–Trinajstić information content (AvgIpc) is 3.16. The third-order valence-electron chi connectivity index (χ3n) is 8.69. The zero-order chi connectivity index (χ0) is 21.3. The van der Waals surface area contributed by atoms with Crippen LogP contribution in [0, 0.1) is 22.2 Å². The fraction of sp³-hybridized carbons (Fsp3) is 0.577. The topological polar surface area (TPSA) is 60.4 Å². The van der Waals surface area contributed by atoms with E-state index in [0.29, 0.717) is 25.2 Å². The molecule has 1 unspecified atom stereocenters. The van der Waals surface area contributed by atoms with E-state index in [1.54, 1.807) is 12.2 Å². The minimum absolute atomic E-state index is 0.0156. The molecule has 0 N–H and O–H groups in total. The third-order valence-corrected chi connectivity index (χ3v) is 8.69. The lowest BCUT2D eigenvalue weighted by atomic mass is 9.51. The molecule has 0 saturated heterocycles. The molecule has 158 valence electrons. The molecule has 5 rings (SSSR count).